The molecule has 0 saturated heterocycles. The van der Waals surface area contributed by atoms with Gasteiger partial charge in [0.1, 0.15) is 25.4 Å². The van der Waals surface area contributed by atoms with Gasteiger partial charge in [0.05, 0.1) is 26.4 Å². The summed E-state index contributed by atoms with van der Waals surface area (Å²) in [6.45, 7) is 2.39. The van der Waals surface area contributed by atoms with Gasteiger partial charge in [0.25, 0.3) is 0 Å². The van der Waals surface area contributed by atoms with E-state index in [1.165, 1.54) is 173 Å². The number of aliphatic hydroxyl groups excluding tert-OH is 2. The van der Waals surface area contributed by atoms with Crippen LogP contribution in [0.1, 0.15) is 380 Å². The molecular formula is C101H170O16P2. The number of ether oxygens (including phenoxy) is 3. The maximum Gasteiger partial charge on any atom is 0.472 e. The molecule has 0 aliphatic heterocycles. The highest BCUT2D eigenvalue weighted by atomic mass is 31.2. The lowest BCUT2D eigenvalue weighted by Gasteiger charge is -2.21. The fraction of sp³-hybridized carbons (Fsp3) is 0.673. The smallest absolute Gasteiger partial charge is 0.463 e. The quantitative estimate of drug-likeness (QED) is 0.0146. The molecule has 16 nitrogen and oxygen atoms in total. The molecule has 0 radical (unpaired) electrons. The molecule has 0 aliphatic carbocycles. The zero-order chi connectivity index (χ0) is 86.5. The zero-order valence-electron chi connectivity index (χ0n) is 75.0. The van der Waals surface area contributed by atoms with Gasteiger partial charge in [-0.15, -0.1) is 0 Å². The molecule has 5 unspecified atom stereocenters. The molecule has 0 bridgehead atoms. The number of carbonyl (C=O) groups excluding carboxylic acids is 3. The molecule has 18 heteroatoms. The van der Waals surface area contributed by atoms with E-state index in [0.29, 0.717) is 25.7 Å². The van der Waals surface area contributed by atoms with Gasteiger partial charge in [0.2, 0.25) is 0 Å². The van der Waals surface area contributed by atoms with Gasteiger partial charge in [-0.05, 0) is 154 Å². The molecule has 680 valence electrons. The van der Waals surface area contributed by atoms with Crippen molar-refractivity contribution in [3.05, 3.63) is 182 Å². The number of hydrogen-bond donors (Lipinski definition) is 4. The van der Waals surface area contributed by atoms with Crippen LogP contribution in [0.5, 0.6) is 0 Å². The number of rotatable bonds is 88. The topological polar surface area (TPSA) is 231 Å². The first kappa shape index (κ1) is 114. The highest BCUT2D eigenvalue weighted by Crippen LogP contribution is 2.45. The van der Waals surface area contributed by atoms with Crippen molar-refractivity contribution >= 4 is 33.6 Å². The van der Waals surface area contributed by atoms with Crippen molar-refractivity contribution in [2.45, 2.75) is 399 Å². The minimum atomic E-state index is -4.96. The number of aliphatic hydroxyl groups is 2. The minimum absolute atomic E-state index is 0.0231. The van der Waals surface area contributed by atoms with Crippen molar-refractivity contribution in [2.75, 3.05) is 39.6 Å². The second-order valence-corrected chi connectivity index (χ2v) is 34.0. The Morgan fingerprint density at radius 3 is 0.731 bits per heavy atom. The van der Waals surface area contributed by atoms with Gasteiger partial charge in [-0.25, -0.2) is 9.13 Å². The molecule has 0 aromatic carbocycles. The molecule has 0 amide bonds. The van der Waals surface area contributed by atoms with Gasteiger partial charge in [0.15, 0.2) is 6.10 Å². The van der Waals surface area contributed by atoms with E-state index < -0.39 is 91.5 Å². The van der Waals surface area contributed by atoms with Gasteiger partial charge < -0.3 is 34.2 Å². The highest BCUT2D eigenvalue weighted by Gasteiger charge is 2.29. The monoisotopic (exact) mass is 1700 g/mol. The number of unbranched alkanes of at least 4 members (excludes halogenated alkanes) is 35. The van der Waals surface area contributed by atoms with Crippen molar-refractivity contribution in [1.29, 1.82) is 0 Å². The van der Waals surface area contributed by atoms with Crippen LogP contribution in [0.2, 0.25) is 0 Å². The molecule has 0 aromatic heterocycles. The minimum Gasteiger partial charge on any atom is -0.463 e. The summed E-state index contributed by atoms with van der Waals surface area (Å²) < 4.78 is 61.4. The first-order valence-corrected chi connectivity index (χ1v) is 50.1. The normalized spacial score (nSPS) is 14.6. The van der Waals surface area contributed by atoms with E-state index >= 15 is 0 Å². The van der Waals surface area contributed by atoms with Crippen molar-refractivity contribution in [1.82, 2.24) is 0 Å². The maximum atomic E-state index is 13.0. The fourth-order valence-electron chi connectivity index (χ4n) is 12.5. The van der Waals surface area contributed by atoms with Crippen LogP contribution >= 0.6 is 15.6 Å². The van der Waals surface area contributed by atoms with Crippen LogP contribution in [-0.4, -0.2) is 95.9 Å². The molecule has 0 rings (SSSR count). The molecule has 0 saturated carbocycles. The van der Waals surface area contributed by atoms with Crippen molar-refractivity contribution in [3.8, 4) is 0 Å². The number of carbonyl (C=O) groups is 3. The first-order chi connectivity index (χ1) is 58.2. The SMILES string of the molecule is CC/C=C\C/C=C\C/C=C\C/C=C\C/C=C\C/C=C\CCCCCCCCCCCCCCCCC(=O)OCC(O)COP(=O)(O)OCC(O)COP(=O)(O)OCC(COC(=O)CCCCCCCCCCCCCCCCCCC/C=C\C/C=C\C/C=C\C/C=C\CCCCC)OC(=O)CCC/C=C\C/C=C\C/C=C\C/C=C\C/C=C\CC. The summed E-state index contributed by atoms with van der Waals surface area (Å²) in [7, 11) is -9.83. The van der Waals surface area contributed by atoms with E-state index in [1.807, 2.05) is 12.2 Å². The first-order valence-electron chi connectivity index (χ1n) is 47.1. The zero-order valence-corrected chi connectivity index (χ0v) is 76.8. The largest absolute Gasteiger partial charge is 0.472 e. The summed E-state index contributed by atoms with van der Waals surface area (Å²) in [5.74, 6) is -1.64. The standard InChI is InChI=1S/C101H170O16P2/c1-4-7-10-13-16-19-22-25-28-31-33-35-37-39-41-43-45-47-49-51-53-55-57-59-61-64-66-69-72-75-78-81-84-87-99(104)111-90-96(102)91-113-118(107,108)114-92-97(103)93-115-119(109,110)116-95-98(117-101(106)89-86-83-80-77-74-71-68-63-30-27-24-21-18-15-12-9-6-3)94-112-100(105)88-85-82-79-76-73-70-67-65-62-60-58-56-54-52-50-48-46-44-42-40-38-36-34-32-29-26-23-20-17-14-11-8-5-2/h7,9-10,12,16-21,25-30,33-36,39-42,45,47,68,71,77,80,96-98,102-103H,4-6,8,11,13-15,22-24,31-32,37-38,43-44,46,48-67,69-70,72-76,78-79,81-95H2,1-3H3,(H,107,108)(H,109,110)/b10-7-,12-9-,19-16-,20-17-,21-18-,28-25-,29-26-,30-27-,35-33-,36-34-,41-39-,42-40-,47-45-,71-68-,80-77-. The van der Waals surface area contributed by atoms with E-state index in [0.717, 1.165) is 141 Å². The summed E-state index contributed by atoms with van der Waals surface area (Å²) in [6, 6.07) is 0. The van der Waals surface area contributed by atoms with E-state index in [9.17, 15) is 43.5 Å². The second-order valence-electron chi connectivity index (χ2n) is 31.0. The Hall–Kier alpha value is -5.35. The molecule has 5 atom stereocenters. The summed E-state index contributed by atoms with van der Waals surface area (Å²) in [6.07, 6.45) is 121. The average Bonchev–Trinajstić information content (AvgIpc) is 0.899. The fourth-order valence-corrected chi connectivity index (χ4v) is 14.1. The maximum absolute atomic E-state index is 13.0. The molecule has 0 heterocycles. The summed E-state index contributed by atoms with van der Waals surface area (Å²) in [4.78, 5) is 58.9. The van der Waals surface area contributed by atoms with Crippen molar-refractivity contribution in [3.63, 3.8) is 0 Å². The van der Waals surface area contributed by atoms with E-state index in [-0.39, 0.29) is 19.3 Å². The summed E-state index contributed by atoms with van der Waals surface area (Å²) in [5.41, 5.74) is 0. The molecule has 0 fully saturated rings. The number of hydrogen-bond acceptors (Lipinski definition) is 14. The Bertz CT molecular complexity index is 2890. The molecule has 0 aliphatic rings. The Labute approximate surface area is 725 Å². The third-order valence-corrected chi connectivity index (χ3v) is 21.5. The van der Waals surface area contributed by atoms with Gasteiger partial charge in [-0.2, -0.15) is 0 Å². The van der Waals surface area contributed by atoms with Crippen molar-refractivity contribution < 1.29 is 75.8 Å². The van der Waals surface area contributed by atoms with Gasteiger partial charge in [0, 0.05) is 19.3 Å². The summed E-state index contributed by atoms with van der Waals surface area (Å²) >= 11 is 0. The third kappa shape index (κ3) is 93.2. The lowest BCUT2D eigenvalue weighted by Crippen LogP contribution is -2.30. The van der Waals surface area contributed by atoms with Gasteiger partial charge >= 0.3 is 33.6 Å². The molecule has 119 heavy (non-hydrogen) atoms. The lowest BCUT2D eigenvalue weighted by atomic mass is 10.0. The van der Waals surface area contributed by atoms with Gasteiger partial charge in [-0.1, -0.05) is 389 Å². The molecular weight excluding hydrogens is 1530 g/mol. The Kier molecular flexibility index (Phi) is 87.7. The Morgan fingerprint density at radius 2 is 0.454 bits per heavy atom. The van der Waals surface area contributed by atoms with Crippen LogP contribution in [0.3, 0.4) is 0 Å². The highest BCUT2D eigenvalue weighted by molar-refractivity contribution is 7.47. The number of allylic oxidation sites excluding steroid dienone is 30. The Balaban J connectivity index is 4.51. The summed E-state index contributed by atoms with van der Waals surface area (Å²) in [5, 5.41) is 20.7. The van der Waals surface area contributed by atoms with Crippen LogP contribution in [0.4, 0.5) is 0 Å². The number of esters is 3. The number of phosphoric ester groups is 2. The van der Waals surface area contributed by atoms with Crippen LogP contribution < -0.4 is 0 Å². The van der Waals surface area contributed by atoms with Crippen LogP contribution in [0.25, 0.3) is 0 Å². The van der Waals surface area contributed by atoms with E-state index in [2.05, 4.69) is 191 Å². The molecule has 4 N–H and O–H groups in total. The predicted molar refractivity (Wildman–Crippen MR) is 500 cm³/mol. The second kappa shape index (κ2) is 91.8. The lowest BCUT2D eigenvalue weighted by molar-refractivity contribution is -0.161. The van der Waals surface area contributed by atoms with Crippen LogP contribution in [-0.2, 0) is 55.8 Å². The third-order valence-electron chi connectivity index (χ3n) is 19.6. The van der Waals surface area contributed by atoms with Crippen LogP contribution in [0.15, 0.2) is 182 Å². The van der Waals surface area contributed by atoms with Crippen molar-refractivity contribution in [2.24, 2.45) is 0 Å². The predicted octanol–water partition coefficient (Wildman–Crippen LogP) is 29.2. The van der Waals surface area contributed by atoms with Gasteiger partial charge in [-0.3, -0.25) is 32.5 Å². The van der Waals surface area contributed by atoms with Crippen LogP contribution in [0, 0.1) is 0 Å². The molecule has 0 aromatic rings. The number of phosphoric acid groups is 2. The van der Waals surface area contributed by atoms with E-state index in [4.69, 9.17) is 32.3 Å². The van der Waals surface area contributed by atoms with E-state index in [1.54, 1.807) is 0 Å². The Morgan fingerprint density at radius 1 is 0.244 bits per heavy atom. The average molecular weight is 1700 g/mol. The molecule has 0 spiro atoms.